The van der Waals surface area contributed by atoms with Crippen LogP contribution >= 0.6 is 7.07 Å². The highest BCUT2D eigenvalue weighted by Gasteiger charge is 2.32. The zero-order chi connectivity index (χ0) is 16.7. The number of hydrogen-bond acceptors (Lipinski definition) is 5. The van der Waals surface area contributed by atoms with Gasteiger partial charge in [-0.05, 0) is 46.8 Å². The molecule has 1 rings (SSSR count). The van der Waals surface area contributed by atoms with Gasteiger partial charge in [-0.2, -0.15) is 0 Å². The minimum Gasteiger partial charge on any atom is -0.459 e. The molecule has 0 fully saturated rings. The molecule has 1 aromatic carbocycles. The number of rotatable bonds is 8. The van der Waals surface area contributed by atoms with Crippen LogP contribution in [0.25, 0.3) is 0 Å². The van der Waals surface area contributed by atoms with Gasteiger partial charge in [-0.25, -0.2) is 4.79 Å². The molecule has 0 aliphatic carbocycles. The standard InChI is InChI=1S/C15H23NO4PS/c1-6-18-16(11(2)3)21(22)20-14-10-8-7-9-13(14)15(17)19-12(4)5/h7-12H,6H2,1-5H3/q+1. The maximum absolute atomic E-state index is 12.1. The predicted molar refractivity (Wildman–Crippen MR) is 90.5 cm³/mol. The Kier molecular flexibility index (Phi) is 7.90. The van der Waals surface area contributed by atoms with Crippen LogP contribution in [0.5, 0.6) is 5.75 Å². The maximum atomic E-state index is 12.1. The van der Waals surface area contributed by atoms with Gasteiger partial charge >= 0.3 is 13.0 Å². The molecule has 7 heteroatoms. The average Bonchev–Trinajstić information content (AvgIpc) is 2.44. The van der Waals surface area contributed by atoms with Crippen LogP contribution in [-0.2, 0) is 21.4 Å². The lowest BCUT2D eigenvalue weighted by Crippen LogP contribution is -2.25. The fraction of sp³-hybridized carbons (Fsp3) is 0.533. The number of ether oxygens (including phenoxy) is 1. The summed E-state index contributed by atoms with van der Waals surface area (Å²) in [6, 6.07) is 7.01. The lowest BCUT2D eigenvalue weighted by Gasteiger charge is -2.15. The average molecular weight is 344 g/mol. The van der Waals surface area contributed by atoms with Crippen molar-refractivity contribution in [2.75, 3.05) is 6.61 Å². The van der Waals surface area contributed by atoms with E-state index in [2.05, 4.69) is 0 Å². The smallest absolute Gasteiger partial charge is 0.459 e. The van der Waals surface area contributed by atoms with E-state index in [1.54, 1.807) is 42.9 Å². The van der Waals surface area contributed by atoms with Crippen molar-refractivity contribution in [2.24, 2.45) is 0 Å². The summed E-state index contributed by atoms with van der Waals surface area (Å²) in [6.45, 7) is 9.95. The third-order valence-corrected chi connectivity index (χ3v) is 4.45. The second kappa shape index (κ2) is 9.16. The molecule has 1 aromatic rings. The largest absolute Gasteiger partial charge is 0.519 e. The Balaban J connectivity index is 2.93. The van der Waals surface area contributed by atoms with Gasteiger partial charge in [0.1, 0.15) is 5.56 Å². The summed E-state index contributed by atoms with van der Waals surface area (Å²) in [7, 11) is -1.44. The third-order valence-electron chi connectivity index (χ3n) is 2.49. The molecule has 0 heterocycles. The van der Waals surface area contributed by atoms with Crippen LogP contribution in [-0.4, -0.2) is 29.6 Å². The highest BCUT2D eigenvalue weighted by molar-refractivity contribution is 8.01. The summed E-state index contributed by atoms with van der Waals surface area (Å²) in [6.07, 6.45) is -0.193. The second-order valence-electron chi connectivity index (χ2n) is 5.09. The second-order valence-corrected chi connectivity index (χ2v) is 7.08. The van der Waals surface area contributed by atoms with Gasteiger partial charge in [0.25, 0.3) is 0 Å². The Labute approximate surface area is 138 Å². The molecule has 5 nitrogen and oxygen atoms in total. The minimum absolute atomic E-state index is 0.0818. The summed E-state index contributed by atoms with van der Waals surface area (Å²) < 4.78 is 11.0. The molecular weight excluding hydrogens is 321 g/mol. The Morgan fingerprint density at radius 3 is 2.45 bits per heavy atom. The zero-order valence-electron chi connectivity index (χ0n) is 13.6. The van der Waals surface area contributed by atoms with Gasteiger partial charge in [-0.15, -0.1) is 0 Å². The summed E-state index contributed by atoms with van der Waals surface area (Å²) in [5.74, 6) is -0.00359. The van der Waals surface area contributed by atoms with Gasteiger partial charge in [0.2, 0.25) is 17.6 Å². The Bertz CT molecular complexity index is 522. The molecule has 0 saturated heterocycles. The summed E-state index contributed by atoms with van der Waals surface area (Å²) in [5.41, 5.74) is 0.369. The van der Waals surface area contributed by atoms with E-state index in [4.69, 9.17) is 25.9 Å². The van der Waals surface area contributed by atoms with E-state index in [1.165, 1.54) is 0 Å². The molecule has 0 bridgehead atoms. The number of carbonyl (C=O) groups excluding carboxylic acids is 1. The van der Waals surface area contributed by atoms with Crippen molar-refractivity contribution in [3.63, 3.8) is 0 Å². The van der Waals surface area contributed by atoms with E-state index in [1.807, 2.05) is 20.8 Å². The van der Waals surface area contributed by atoms with Crippen LogP contribution in [0, 0.1) is 0 Å². The van der Waals surface area contributed by atoms with Crippen molar-refractivity contribution in [3.05, 3.63) is 29.8 Å². The van der Waals surface area contributed by atoms with Gasteiger partial charge < -0.3 is 4.74 Å². The molecule has 0 aromatic heterocycles. The van der Waals surface area contributed by atoms with Crippen molar-refractivity contribution >= 4 is 24.9 Å². The fourth-order valence-corrected chi connectivity index (χ4v) is 3.58. The van der Waals surface area contributed by atoms with Crippen molar-refractivity contribution in [2.45, 2.75) is 46.8 Å². The molecule has 0 spiro atoms. The van der Waals surface area contributed by atoms with Crippen molar-refractivity contribution in [1.29, 1.82) is 0 Å². The molecule has 0 aliphatic heterocycles. The van der Waals surface area contributed by atoms with E-state index < -0.39 is 13.0 Å². The SMILES string of the molecule is CCON(C(C)C)[P+](=S)Oc1ccccc1C(=O)OC(C)C. The van der Waals surface area contributed by atoms with Gasteiger partial charge in [0.15, 0.2) is 0 Å². The highest BCUT2D eigenvalue weighted by atomic mass is 32.4. The van der Waals surface area contributed by atoms with Gasteiger partial charge in [-0.1, -0.05) is 12.1 Å². The predicted octanol–water partition coefficient (Wildman–Crippen LogP) is 4.07. The molecule has 1 atom stereocenters. The number of benzene rings is 1. The molecule has 1 unspecified atom stereocenters. The lowest BCUT2D eigenvalue weighted by molar-refractivity contribution is -0.0980. The fourth-order valence-electron chi connectivity index (χ4n) is 1.63. The van der Waals surface area contributed by atoms with E-state index >= 15 is 0 Å². The summed E-state index contributed by atoms with van der Waals surface area (Å²) in [5, 5.41) is 0. The quantitative estimate of drug-likeness (QED) is 0.402. The minimum atomic E-state index is -1.44. The first-order valence-electron chi connectivity index (χ1n) is 7.24. The van der Waals surface area contributed by atoms with Gasteiger partial charge in [0.05, 0.1) is 18.8 Å². The third kappa shape index (κ3) is 5.61. The van der Waals surface area contributed by atoms with Crippen LogP contribution in [0.4, 0.5) is 0 Å². The number of hydroxylamine groups is 1. The van der Waals surface area contributed by atoms with Crippen molar-refractivity contribution in [3.8, 4) is 5.75 Å². The lowest BCUT2D eigenvalue weighted by atomic mass is 10.2. The van der Waals surface area contributed by atoms with Crippen LogP contribution in [0.1, 0.15) is 45.0 Å². The van der Waals surface area contributed by atoms with Crippen molar-refractivity contribution < 1.29 is 18.9 Å². The molecule has 0 saturated carbocycles. The van der Waals surface area contributed by atoms with Crippen LogP contribution in [0.3, 0.4) is 0 Å². The number of hydrogen-bond donors (Lipinski definition) is 0. The Morgan fingerprint density at radius 1 is 1.27 bits per heavy atom. The first kappa shape index (κ1) is 19.0. The topological polar surface area (TPSA) is 48.0 Å². The van der Waals surface area contributed by atoms with E-state index in [9.17, 15) is 4.79 Å². The van der Waals surface area contributed by atoms with Crippen molar-refractivity contribution in [1.82, 2.24) is 4.83 Å². The number of nitrogens with zero attached hydrogens (tertiary/aromatic N) is 1. The molecule has 22 heavy (non-hydrogen) atoms. The zero-order valence-corrected chi connectivity index (χ0v) is 15.3. The van der Waals surface area contributed by atoms with E-state index in [-0.39, 0.29) is 12.1 Å². The first-order valence-corrected chi connectivity index (χ1v) is 9.46. The first-order chi connectivity index (χ1) is 10.4. The Hall–Kier alpha value is -1.07. The molecule has 0 amide bonds. The highest BCUT2D eigenvalue weighted by Crippen LogP contribution is 2.35. The van der Waals surface area contributed by atoms with Crippen LogP contribution in [0.2, 0.25) is 0 Å². The van der Waals surface area contributed by atoms with Gasteiger partial charge in [-0.3, -0.25) is 9.36 Å². The number of para-hydroxylation sites is 1. The Morgan fingerprint density at radius 2 is 1.91 bits per heavy atom. The summed E-state index contributed by atoms with van der Waals surface area (Å²) in [4.78, 5) is 19.3. The monoisotopic (exact) mass is 344 g/mol. The number of carbonyl (C=O) groups is 1. The normalized spacial score (nSPS) is 11.9. The number of esters is 1. The molecular formula is C15H23NO4PS+. The van der Waals surface area contributed by atoms with E-state index in [0.29, 0.717) is 17.9 Å². The van der Waals surface area contributed by atoms with E-state index in [0.717, 1.165) is 0 Å². The van der Waals surface area contributed by atoms with Crippen LogP contribution in [0.15, 0.2) is 24.3 Å². The molecule has 122 valence electrons. The van der Waals surface area contributed by atoms with Crippen LogP contribution < -0.4 is 4.52 Å². The maximum Gasteiger partial charge on any atom is 0.519 e. The summed E-state index contributed by atoms with van der Waals surface area (Å²) >= 11 is 5.41. The molecule has 0 N–H and O–H groups in total. The van der Waals surface area contributed by atoms with Gasteiger partial charge in [0, 0.05) is 4.83 Å². The molecule has 0 radical (unpaired) electrons. The molecule has 0 aliphatic rings.